The first-order chi connectivity index (χ1) is 14.3. The summed E-state index contributed by atoms with van der Waals surface area (Å²) in [4.78, 5) is 18.9. The first-order valence-corrected chi connectivity index (χ1v) is 9.93. The molecule has 0 bridgehead atoms. The van der Waals surface area contributed by atoms with Gasteiger partial charge in [0.1, 0.15) is 15.5 Å². The van der Waals surface area contributed by atoms with Crippen LogP contribution in [-0.4, -0.2) is 49.2 Å². The number of halogens is 3. The average Bonchev–Trinajstić information content (AvgIpc) is 3.09. The summed E-state index contributed by atoms with van der Waals surface area (Å²) in [7, 11) is 1.50. The van der Waals surface area contributed by atoms with Crippen LogP contribution in [-0.2, 0) is 10.9 Å². The lowest BCUT2D eigenvalue weighted by Gasteiger charge is -2.26. The molecule has 1 aliphatic heterocycles. The number of nitrogen functional groups attached to an aromatic ring is 1. The number of aromatic nitrogens is 1. The maximum Gasteiger partial charge on any atom is 0.417 e. The molecule has 3 heterocycles. The second-order valence-corrected chi connectivity index (χ2v) is 7.71. The van der Waals surface area contributed by atoms with Crippen molar-refractivity contribution in [2.24, 2.45) is 0 Å². The van der Waals surface area contributed by atoms with E-state index in [0.717, 1.165) is 17.4 Å². The monoisotopic (exact) mass is 437 g/mol. The van der Waals surface area contributed by atoms with E-state index < -0.39 is 17.6 Å². The highest BCUT2D eigenvalue weighted by atomic mass is 32.1. The number of carbonyl (C=O) groups excluding carboxylic acids is 1. The third-order valence-electron chi connectivity index (χ3n) is 4.88. The number of rotatable bonds is 3. The Morgan fingerprint density at radius 3 is 2.50 bits per heavy atom. The van der Waals surface area contributed by atoms with Crippen molar-refractivity contribution in [3.63, 3.8) is 0 Å². The number of hydrogen-bond acceptors (Lipinski definition) is 6. The molecular weight excluding hydrogens is 419 g/mol. The van der Waals surface area contributed by atoms with Gasteiger partial charge in [0.15, 0.2) is 0 Å². The highest BCUT2D eigenvalue weighted by molar-refractivity contribution is 7.21. The van der Waals surface area contributed by atoms with Crippen LogP contribution < -0.4 is 10.5 Å². The Bertz CT molecular complexity index is 1090. The number of anilines is 1. The van der Waals surface area contributed by atoms with Crippen molar-refractivity contribution < 1.29 is 27.4 Å². The summed E-state index contributed by atoms with van der Waals surface area (Å²) in [6.07, 6.45) is -4.66. The smallest absolute Gasteiger partial charge is 0.417 e. The molecule has 0 radical (unpaired) electrons. The van der Waals surface area contributed by atoms with Crippen molar-refractivity contribution in [1.29, 1.82) is 0 Å². The summed E-state index contributed by atoms with van der Waals surface area (Å²) in [6.45, 7) is 1.49. The number of thiophene rings is 1. The SMILES string of the molecule is COc1ccc(-c2cc(C(F)(F)F)c3c(N)c(C(=O)N4CCOCC4)sc3n2)cc1. The van der Waals surface area contributed by atoms with E-state index in [1.54, 1.807) is 24.3 Å². The first kappa shape index (κ1) is 20.4. The molecule has 4 rings (SSSR count). The Morgan fingerprint density at radius 1 is 1.23 bits per heavy atom. The molecule has 30 heavy (non-hydrogen) atoms. The van der Waals surface area contributed by atoms with E-state index in [4.69, 9.17) is 15.2 Å². The van der Waals surface area contributed by atoms with Crippen LogP contribution in [0.15, 0.2) is 30.3 Å². The molecule has 0 unspecified atom stereocenters. The Balaban J connectivity index is 1.86. The molecule has 1 aliphatic rings. The number of benzene rings is 1. The van der Waals surface area contributed by atoms with Crippen LogP contribution in [0, 0.1) is 0 Å². The average molecular weight is 437 g/mol. The first-order valence-electron chi connectivity index (χ1n) is 9.11. The van der Waals surface area contributed by atoms with Gasteiger partial charge in [-0.2, -0.15) is 13.2 Å². The highest BCUT2D eigenvalue weighted by Crippen LogP contribution is 2.43. The zero-order valence-electron chi connectivity index (χ0n) is 16.0. The summed E-state index contributed by atoms with van der Waals surface area (Å²) in [6, 6.07) is 7.51. The number of fused-ring (bicyclic) bond motifs is 1. The van der Waals surface area contributed by atoms with Crippen LogP contribution in [0.1, 0.15) is 15.2 Å². The lowest BCUT2D eigenvalue weighted by Crippen LogP contribution is -2.40. The number of pyridine rings is 1. The van der Waals surface area contributed by atoms with E-state index >= 15 is 0 Å². The van der Waals surface area contributed by atoms with Gasteiger partial charge in [-0.25, -0.2) is 4.98 Å². The Morgan fingerprint density at radius 2 is 1.90 bits per heavy atom. The number of nitrogens with zero attached hydrogens (tertiary/aromatic N) is 2. The zero-order valence-corrected chi connectivity index (χ0v) is 16.8. The molecular formula is C20H18F3N3O3S. The van der Waals surface area contributed by atoms with Crippen LogP contribution in [0.4, 0.5) is 18.9 Å². The lowest BCUT2D eigenvalue weighted by molar-refractivity contribution is -0.136. The second kappa shape index (κ2) is 7.77. The topological polar surface area (TPSA) is 77.7 Å². The van der Waals surface area contributed by atoms with Crippen molar-refractivity contribution in [2.75, 3.05) is 39.1 Å². The van der Waals surface area contributed by atoms with E-state index in [1.165, 1.54) is 12.0 Å². The minimum absolute atomic E-state index is 0.0665. The molecule has 1 aromatic carbocycles. The number of amides is 1. The lowest BCUT2D eigenvalue weighted by atomic mass is 10.1. The van der Waals surface area contributed by atoms with Crippen molar-refractivity contribution in [1.82, 2.24) is 9.88 Å². The molecule has 0 saturated carbocycles. The van der Waals surface area contributed by atoms with Crippen molar-refractivity contribution >= 4 is 33.1 Å². The third kappa shape index (κ3) is 3.68. The fourth-order valence-corrected chi connectivity index (χ4v) is 4.41. The standard InChI is InChI=1S/C20H18F3N3O3S/c1-28-12-4-2-11(3-5-12)14-10-13(20(21,22)23)15-16(24)17(30-18(15)25-14)19(27)26-6-8-29-9-7-26/h2-5,10H,6-9,24H2,1H3. The minimum Gasteiger partial charge on any atom is -0.497 e. The second-order valence-electron chi connectivity index (χ2n) is 6.71. The van der Waals surface area contributed by atoms with Gasteiger partial charge in [0.2, 0.25) is 0 Å². The molecule has 2 aromatic heterocycles. The van der Waals surface area contributed by atoms with Gasteiger partial charge >= 0.3 is 6.18 Å². The number of morpholine rings is 1. The Labute approximate surface area is 174 Å². The number of methoxy groups -OCH3 is 1. The van der Waals surface area contributed by atoms with E-state index in [-0.39, 0.29) is 26.5 Å². The summed E-state index contributed by atoms with van der Waals surface area (Å²) in [5.74, 6) is 0.174. The number of hydrogen-bond donors (Lipinski definition) is 1. The number of ether oxygens (including phenoxy) is 2. The van der Waals surface area contributed by atoms with Gasteiger partial charge in [0.05, 0.1) is 37.3 Å². The number of alkyl halides is 3. The maximum atomic E-state index is 13.9. The summed E-state index contributed by atoms with van der Waals surface area (Å²) in [5, 5.41) is -0.235. The fourth-order valence-electron chi connectivity index (χ4n) is 3.32. The predicted octanol–water partition coefficient (Wildman–Crippen LogP) is 4.05. The highest BCUT2D eigenvalue weighted by Gasteiger charge is 2.37. The van der Waals surface area contributed by atoms with Crippen molar-refractivity contribution in [3.05, 3.63) is 40.8 Å². The van der Waals surface area contributed by atoms with Gasteiger partial charge in [-0.05, 0) is 30.3 Å². The number of nitrogens with two attached hydrogens (primary N) is 1. The quantitative estimate of drug-likeness (QED) is 0.669. The Hall–Kier alpha value is -2.85. The third-order valence-corrected chi connectivity index (χ3v) is 5.97. The fraction of sp³-hybridized carbons (Fsp3) is 0.300. The van der Waals surface area contributed by atoms with Crippen LogP contribution in [0.25, 0.3) is 21.5 Å². The van der Waals surface area contributed by atoms with E-state index in [9.17, 15) is 18.0 Å². The van der Waals surface area contributed by atoms with Gasteiger partial charge in [0, 0.05) is 24.0 Å². The largest absolute Gasteiger partial charge is 0.497 e. The molecule has 6 nitrogen and oxygen atoms in total. The summed E-state index contributed by atoms with van der Waals surface area (Å²) < 4.78 is 51.9. The molecule has 0 spiro atoms. The van der Waals surface area contributed by atoms with Crippen molar-refractivity contribution in [3.8, 4) is 17.0 Å². The normalized spacial score (nSPS) is 14.9. The van der Waals surface area contributed by atoms with E-state index in [2.05, 4.69) is 4.98 Å². The minimum atomic E-state index is -4.66. The van der Waals surface area contributed by atoms with Gasteiger partial charge in [-0.15, -0.1) is 11.3 Å². The van der Waals surface area contributed by atoms with Gasteiger partial charge in [-0.1, -0.05) is 0 Å². The molecule has 3 aromatic rings. The van der Waals surface area contributed by atoms with Gasteiger partial charge in [-0.3, -0.25) is 4.79 Å². The molecule has 1 saturated heterocycles. The van der Waals surface area contributed by atoms with Crippen LogP contribution in [0.2, 0.25) is 0 Å². The number of carbonyl (C=O) groups is 1. The molecule has 0 aliphatic carbocycles. The van der Waals surface area contributed by atoms with Crippen molar-refractivity contribution in [2.45, 2.75) is 6.18 Å². The molecule has 10 heteroatoms. The molecule has 0 atom stereocenters. The molecule has 2 N–H and O–H groups in total. The van der Waals surface area contributed by atoms with Crippen LogP contribution >= 0.6 is 11.3 Å². The van der Waals surface area contributed by atoms with Crippen LogP contribution in [0.5, 0.6) is 5.75 Å². The van der Waals surface area contributed by atoms with E-state index in [1.807, 2.05) is 0 Å². The van der Waals surface area contributed by atoms with Crippen LogP contribution in [0.3, 0.4) is 0 Å². The van der Waals surface area contributed by atoms with Gasteiger partial charge in [0.25, 0.3) is 5.91 Å². The molecule has 158 valence electrons. The van der Waals surface area contributed by atoms with E-state index in [0.29, 0.717) is 37.6 Å². The molecule has 1 amide bonds. The predicted molar refractivity (Wildman–Crippen MR) is 108 cm³/mol. The maximum absolute atomic E-state index is 13.9. The molecule has 1 fully saturated rings. The Kier molecular flexibility index (Phi) is 5.29. The summed E-state index contributed by atoms with van der Waals surface area (Å²) in [5.41, 5.74) is 5.59. The summed E-state index contributed by atoms with van der Waals surface area (Å²) >= 11 is 0.880. The zero-order chi connectivity index (χ0) is 21.5. The van der Waals surface area contributed by atoms with Gasteiger partial charge < -0.3 is 20.1 Å².